The van der Waals surface area contributed by atoms with Crippen molar-refractivity contribution in [1.29, 1.82) is 0 Å². The number of thiazole rings is 1. The maximum atomic E-state index is 13.7. The van der Waals surface area contributed by atoms with E-state index in [4.69, 9.17) is 4.42 Å². The Hall–Kier alpha value is -3.52. The van der Waals surface area contributed by atoms with Crippen molar-refractivity contribution in [3.8, 4) is 10.4 Å². The monoisotopic (exact) mass is 478 g/mol. The molecule has 5 rings (SSSR count). The molecule has 0 saturated carbocycles. The molecule has 1 N–H and O–H groups in total. The van der Waals surface area contributed by atoms with Crippen LogP contribution in [0.15, 0.2) is 52.9 Å². The van der Waals surface area contributed by atoms with E-state index in [2.05, 4.69) is 4.98 Å². The van der Waals surface area contributed by atoms with Crippen LogP contribution in [0.3, 0.4) is 0 Å². The van der Waals surface area contributed by atoms with Crippen LogP contribution < -0.4 is 0 Å². The van der Waals surface area contributed by atoms with Crippen molar-refractivity contribution in [3.05, 3.63) is 76.4 Å². The van der Waals surface area contributed by atoms with Crippen LogP contribution in [0.25, 0.3) is 21.4 Å². The van der Waals surface area contributed by atoms with E-state index in [9.17, 15) is 19.1 Å². The van der Waals surface area contributed by atoms with Crippen LogP contribution in [-0.4, -0.2) is 39.5 Å². The first-order valence-electron chi connectivity index (χ1n) is 11.2. The Morgan fingerprint density at radius 3 is 2.71 bits per heavy atom. The van der Waals surface area contributed by atoms with Crippen LogP contribution in [0.2, 0.25) is 0 Å². The second kappa shape index (κ2) is 9.02. The Bertz CT molecular complexity index is 1380. The number of carboxylic acids is 1. The number of hydrogen-bond acceptors (Lipinski definition) is 5. The number of aromatic nitrogens is 1. The zero-order valence-corrected chi connectivity index (χ0v) is 19.4. The zero-order valence-electron chi connectivity index (χ0n) is 18.6. The lowest BCUT2D eigenvalue weighted by Gasteiger charge is -2.35. The zero-order chi connectivity index (χ0) is 23.8. The normalized spacial score (nSPS) is 16.2. The number of aromatic carboxylic acids is 1. The molecule has 1 fully saturated rings. The molecule has 1 unspecified atom stereocenters. The SMILES string of the molecule is Cc1nc(C(=O)N2CCCCC2Cc2oc3ccccc3c2C(=O)O)c(-c2ccc(F)cc2)s1. The summed E-state index contributed by atoms with van der Waals surface area (Å²) in [5.41, 5.74) is 1.78. The van der Waals surface area contributed by atoms with E-state index in [1.54, 1.807) is 41.3 Å². The number of hydrogen-bond donors (Lipinski definition) is 1. The molecule has 1 amide bonds. The molecule has 1 aliphatic heterocycles. The number of carbonyl (C=O) groups excluding carboxylic acids is 1. The number of amides is 1. The summed E-state index contributed by atoms with van der Waals surface area (Å²) in [5.74, 6) is -1.19. The number of nitrogens with zero attached hydrogens (tertiary/aromatic N) is 2. The van der Waals surface area contributed by atoms with Gasteiger partial charge in [0, 0.05) is 24.4 Å². The number of carbonyl (C=O) groups is 2. The first-order chi connectivity index (χ1) is 16.4. The topological polar surface area (TPSA) is 83.6 Å². The molecule has 2 aromatic carbocycles. The number of piperidine rings is 1. The van der Waals surface area contributed by atoms with Gasteiger partial charge in [0.05, 0.1) is 9.88 Å². The van der Waals surface area contributed by atoms with Crippen LogP contribution in [0.4, 0.5) is 4.39 Å². The average Bonchev–Trinajstić information content (AvgIpc) is 3.39. The average molecular weight is 479 g/mol. The largest absolute Gasteiger partial charge is 0.478 e. The lowest BCUT2D eigenvalue weighted by atomic mass is 9.96. The third-order valence-corrected chi connectivity index (χ3v) is 7.25. The van der Waals surface area contributed by atoms with Crippen LogP contribution >= 0.6 is 11.3 Å². The molecule has 0 bridgehead atoms. The molecule has 6 nitrogen and oxygen atoms in total. The summed E-state index contributed by atoms with van der Waals surface area (Å²) < 4.78 is 19.4. The van der Waals surface area contributed by atoms with Crippen molar-refractivity contribution in [3.63, 3.8) is 0 Å². The van der Waals surface area contributed by atoms with Crippen molar-refractivity contribution < 1.29 is 23.5 Å². The van der Waals surface area contributed by atoms with Crippen LogP contribution in [0, 0.1) is 12.7 Å². The predicted molar refractivity (Wildman–Crippen MR) is 128 cm³/mol. The molecule has 174 valence electrons. The second-order valence-corrected chi connectivity index (χ2v) is 9.67. The highest BCUT2D eigenvalue weighted by molar-refractivity contribution is 7.15. The van der Waals surface area contributed by atoms with Crippen LogP contribution in [-0.2, 0) is 6.42 Å². The maximum Gasteiger partial charge on any atom is 0.339 e. The van der Waals surface area contributed by atoms with E-state index in [1.807, 2.05) is 6.92 Å². The van der Waals surface area contributed by atoms with Crippen LogP contribution in [0.5, 0.6) is 0 Å². The molecule has 1 atom stereocenters. The highest BCUT2D eigenvalue weighted by atomic mass is 32.1. The lowest BCUT2D eigenvalue weighted by Crippen LogP contribution is -2.45. The molecule has 0 aliphatic carbocycles. The minimum absolute atomic E-state index is 0.157. The van der Waals surface area contributed by atoms with Gasteiger partial charge >= 0.3 is 5.97 Å². The first-order valence-corrected chi connectivity index (χ1v) is 12.0. The summed E-state index contributed by atoms with van der Waals surface area (Å²) in [7, 11) is 0. The number of furan rings is 1. The summed E-state index contributed by atoms with van der Waals surface area (Å²) in [4.78, 5) is 32.8. The minimum Gasteiger partial charge on any atom is -0.478 e. The van der Waals surface area contributed by atoms with E-state index in [-0.39, 0.29) is 23.3 Å². The number of benzene rings is 2. The number of aryl methyl sites for hydroxylation is 1. The summed E-state index contributed by atoms with van der Waals surface area (Å²) in [6, 6.07) is 12.9. The molecule has 1 saturated heterocycles. The van der Waals surface area contributed by atoms with Gasteiger partial charge in [0.2, 0.25) is 0 Å². The molecule has 1 aliphatic rings. The highest BCUT2D eigenvalue weighted by Gasteiger charge is 2.33. The standard InChI is InChI=1S/C26H23FN2O4S/c1-15-28-23(24(34-15)16-9-11-17(27)12-10-16)25(30)29-13-5-4-6-18(29)14-21-22(26(31)32)19-7-2-3-8-20(19)33-21/h2-3,7-12,18H,4-6,13-14H2,1H3,(H,31,32). The van der Waals surface area contributed by atoms with E-state index in [1.165, 1.54) is 23.5 Å². The summed E-state index contributed by atoms with van der Waals surface area (Å²) in [5, 5.41) is 11.2. The Balaban J connectivity index is 1.48. The fourth-order valence-corrected chi connectivity index (χ4v) is 5.59. The van der Waals surface area contributed by atoms with Gasteiger partial charge in [-0.25, -0.2) is 14.2 Å². The van der Waals surface area contributed by atoms with Crippen molar-refractivity contribution in [2.24, 2.45) is 0 Å². The Morgan fingerprint density at radius 1 is 1.18 bits per heavy atom. The number of carboxylic acid groups (broad SMARTS) is 1. The van der Waals surface area contributed by atoms with E-state index >= 15 is 0 Å². The highest BCUT2D eigenvalue weighted by Crippen LogP contribution is 2.34. The summed E-state index contributed by atoms with van der Waals surface area (Å²) in [6.45, 7) is 2.40. The van der Waals surface area contributed by atoms with Gasteiger partial charge in [-0.3, -0.25) is 4.79 Å². The molecule has 0 spiro atoms. The van der Waals surface area contributed by atoms with Gasteiger partial charge in [-0.15, -0.1) is 11.3 Å². The maximum absolute atomic E-state index is 13.7. The molecule has 34 heavy (non-hydrogen) atoms. The quantitative estimate of drug-likeness (QED) is 0.384. The van der Waals surface area contributed by atoms with Crippen molar-refractivity contribution >= 4 is 34.2 Å². The minimum atomic E-state index is -1.04. The molecule has 3 heterocycles. The molecular formula is C26H23FN2O4S. The summed E-state index contributed by atoms with van der Waals surface area (Å²) in [6.07, 6.45) is 2.87. The van der Waals surface area contributed by atoms with Crippen molar-refractivity contribution in [1.82, 2.24) is 9.88 Å². The Morgan fingerprint density at radius 2 is 1.94 bits per heavy atom. The molecule has 2 aromatic heterocycles. The van der Waals surface area contributed by atoms with Gasteiger partial charge in [-0.1, -0.05) is 30.3 Å². The number of halogens is 1. The van der Waals surface area contributed by atoms with E-state index in [0.717, 1.165) is 29.8 Å². The fraction of sp³-hybridized carbons (Fsp3) is 0.269. The number of para-hydroxylation sites is 1. The van der Waals surface area contributed by atoms with E-state index < -0.39 is 5.97 Å². The summed E-state index contributed by atoms with van der Waals surface area (Å²) >= 11 is 1.40. The van der Waals surface area contributed by atoms with Crippen molar-refractivity contribution in [2.75, 3.05) is 6.54 Å². The third-order valence-electron chi connectivity index (χ3n) is 6.23. The molecular weight excluding hydrogens is 455 g/mol. The van der Waals surface area contributed by atoms with E-state index in [0.29, 0.717) is 40.3 Å². The molecule has 4 aromatic rings. The molecule has 0 radical (unpaired) electrons. The smallest absolute Gasteiger partial charge is 0.339 e. The Labute approximate surface area is 199 Å². The van der Waals surface area contributed by atoms with Crippen molar-refractivity contribution in [2.45, 2.75) is 38.6 Å². The van der Waals surface area contributed by atoms with Gasteiger partial charge in [-0.2, -0.15) is 0 Å². The number of rotatable bonds is 5. The Kier molecular flexibility index (Phi) is 5.91. The predicted octanol–water partition coefficient (Wildman–Crippen LogP) is 5.94. The fourth-order valence-electron chi connectivity index (χ4n) is 4.67. The molecule has 8 heteroatoms. The van der Waals surface area contributed by atoms with Crippen LogP contribution in [0.1, 0.15) is 50.9 Å². The van der Waals surface area contributed by atoms with Gasteiger partial charge in [0.1, 0.15) is 28.4 Å². The third kappa shape index (κ3) is 4.09. The second-order valence-electron chi connectivity index (χ2n) is 8.47. The van der Waals surface area contributed by atoms with Gasteiger partial charge in [0.25, 0.3) is 5.91 Å². The first kappa shape index (κ1) is 22.3. The lowest BCUT2D eigenvalue weighted by molar-refractivity contribution is 0.0602. The van der Waals surface area contributed by atoms with Gasteiger partial charge < -0.3 is 14.4 Å². The van der Waals surface area contributed by atoms with Gasteiger partial charge in [0.15, 0.2) is 0 Å². The number of fused-ring (bicyclic) bond motifs is 1. The van der Waals surface area contributed by atoms with Gasteiger partial charge in [-0.05, 0) is 49.9 Å². The number of likely N-dealkylation sites (tertiary alicyclic amines) is 1.